The van der Waals surface area contributed by atoms with E-state index in [0.717, 1.165) is 11.3 Å². The van der Waals surface area contributed by atoms with Crippen LogP contribution in [0, 0.1) is 0 Å². The van der Waals surface area contributed by atoms with Crippen LogP contribution < -0.4 is 10.3 Å². The number of rotatable bonds is 6. The van der Waals surface area contributed by atoms with Crippen LogP contribution in [0.1, 0.15) is 0 Å². The molecule has 5 rings (SSSR count). The third-order valence-corrected chi connectivity index (χ3v) is 6.16. The summed E-state index contributed by atoms with van der Waals surface area (Å²) in [5.41, 5.74) is 1.96. The second-order valence-electron chi connectivity index (χ2n) is 7.00. The highest BCUT2D eigenvalue weighted by Crippen LogP contribution is 2.33. The number of para-hydroxylation sites is 1. The number of hydrogen-bond donors (Lipinski definition) is 0. The van der Waals surface area contributed by atoms with Gasteiger partial charge in [-0.25, -0.2) is 0 Å². The first-order valence-electron chi connectivity index (χ1n) is 9.96. The maximum Gasteiger partial charge on any atom is 0.278 e. The van der Waals surface area contributed by atoms with E-state index in [2.05, 4.69) is 20.5 Å². The number of fused-ring (bicyclic) bond motifs is 1. The molecule has 164 valence electrons. The smallest absolute Gasteiger partial charge is 0.278 e. The second-order valence-corrected chi connectivity index (χ2v) is 8.35. The molecule has 0 fully saturated rings. The molecular weight excluding hydrogens is 460 g/mol. The van der Waals surface area contributed by atoms with Gasteiger partial charge < -0.3 is 4.74 Å². The number of hydrogen-bond acceptors (Lipinski definition) is 7. The molecule has 8 nitrogen and oxygen atoms in total. The van der Waals surface area contributed by atoms with E-state index in [0.29, 0.717) is 32.7 Å². The molecule has 33 heavy (non-hydrogen) atoms. The maximum atomic E-state index is 12.8. The van der Waals surface area contributed by atoms with Crippen LogP contribution in [-0.2, 0) is 5.88 Å². The lowest BCUT2D eigenvalue weighted by molar-refractivity contribution is 0.416. The molecule has 2 heterocycles. The molecule has 2 aromatic heterocycles. The highest BCUT2D eigenvalue weighted by atomic mass is 35.5. The fourth-order valence-electron chi connectivity index (χ4n) is 3.42. The Bertz CT molecular complexity index is 1500. The predicted octanol–water partition coefficient (Wildman–Crippen LogP) is 4.45. The first kappa shape index (κ1) is 21.2. The Morgan fingerprint density at radius 2 is 1.70 bits per heavy atom. The lowest BCUT2D eigenvalue weighted by Gasteiger charge is -2.12. The number of thioether (sulfide) groups is 1. The summed E-state index contributed by atoms with van der Waals surface area (Å²) in [5, 5.41) is 18.8. The molecule has 0 aliphatic rings. The van der Waals surface area contributed by atoms with Crippen molar-refractivity contribution in [3.05, 3.63) is 88.2 Å². The van der Waals surface area contributed by atoms with Gasteiger partial charge in [-0.15, -0.1) is 15.3 Å². The van der Waals surface area contributed by atoms with E-state index < -0.39 is 0 Å². The van der Waals surface area contributed by atoms with Gasteiger partial charge in [0.2, 0.25) is 0 Å². The Balaban J connectivity index is 1.57. The average molecular weight is 477 g/mol. The molecule has 0 atom stereocenters. The highest BCUT2D eigenvalue weighted by Gasteiger charge is 2.19. The monoisotopic (exact) mass is 476 g/mol. The Kier molecular flexibility index (Phi) is 5.80. The van der Waals surface area contributed by atoms with Crippen molar-refractivity contribution in [2.24, 2.45) is 0 Å². The van der Waals surface area contributed by atoms with Gasteiger partial charge in [0.25, 0.3) is 5.56 Å². The molecule has 5 aromatic rings. The van der Waals surface area contributed by atoms with Crippen LogP contribution in [0.3, 0.4) is 0 Å². The number of aromatic nitrogens is 6. The Morgan fingerprint density at radius 3 is 2.52 bits per heavy atom. The summed E-state index contributed by atoms with van der Waals surface area (Å²) in [7, 11) is 1.61. The molecule has 0 amide bonds. The van der Waals surface area contributed by atoms with Crippen molar-refractivity contribution in [2.75, 3.05) is 7.11 Å². The SMILES string of the molecule is COc1ccccc1-c1nnc(SCn2nnc3ccccc3c2=O)n1-c1ccc(Cl)cc1. The lowest BCUT2D eigenvalue weighted by atomic mass is 10.2. The third-order valence-electron chi connectivity index (χ3n) is 5.01. The zero-order valence-electron chi connectivity index (χ0n) is 17.4. The summed E-state index contributed by atoms with van der Waals surface area (Å²) in [4.78, 5) is 12.8. The average Bonchev–Trinajstić information content (AvgIpc) is 3.28. The van der Waals surface area contributed by atoms with Gasteiger partial charge in [-0.1, -0.05) is 52.8 Å². The zero-order chi connectivity index (χ0) is 22.8. The lowest BCUT2D eigenvalue weighted by Crippen LogP contribution is -2.23. The maximum absolute atomic E-state index is 12.8. The van der Waals surface area contributed by atoms with Crippen LogP contribution in [0.2, 0.25) is 5.02 Å². The van der Waals surface area contributed by atoms with Crippen LogP contribution in [-0.4, -0.2) is 36.9 Å². The summed E-state index contributed by atoms with van der Waals surface area (Å²) < 4.78 is 8.75. The number of halogens is 1. The van der Waals surface area contributed by atoms with Crippen molar-refractivity contribution in [3.8, 4) is 22.8 Å². The molecule has 0 unspecified atom stereocenters. The van der Waals surface area contributed by atoms with Crippen LogP contribution in [0.5, 0.6) is 5.75 Å². The second kappa shape index (κ2) is 9.05. The van der Waals surface area contributed by atoms with Crippen molar-refractivity contribution < 1.29 is 4.74 Å². The molecule has 10 heteroatoms. The van der Waals surface area contributed by atoms with E-state index in [-0.39, 0.29) is 11.4 Å². The van der Waals surface area contributed by atoms with Crippen LogP contribution in [0.25, 0.3) is 28.0 Å². The van der Waals surface area contributed by atoms with Gasteiger partial charge in [0.05, 0.1) is 23.9 Å². The molecular formula is C23H17ClN6O2S. The van der Waals surface area contributed by atoms with Crippen LogP contribution in [0.15, 0.2) is 82.7 Å². The zero-order valence-corrected chi connectivity index (χ0v) is 19.0. The van der Waals surface area contributed by atoms with E-state index in [9.17, 15) is 4.79 Å². The first-order chi connectivity index (χ1) is 16.2. The van der Waals surface area contributed by atoms with Crippen molar-refractivity contribution in [1.82, 2.24) is 29.8 Å². The summed E-state index contributed by atoms with van der Waals surface area (Å²) >= 11 is 7.43. The molecule has 0 aliphatic carbocycles. The fraction of sp³-hybridized carbons (Fsp3) is 0.0870. The molecule has 0 saturated carbocycles. The van der Waals surface area contributed by atoms with Crippen molar-refractivity contribution in [3.63, 3.8) is 0 Å². The Morgan fingerprint density at radius 1 is 0.939 bits per heavy atom. The van der Waals surface area contributed by atoms with Crippen LogP contribution >= 0.6 is 23.4 Å². The fourth-order valence-corrected chi connectivity index (χ4v) is 4.37. The standard InChI is InChI=1S/C23H17ClN6O2S/c1-32-20-9-5-3-7-18(20)21-26-27-23(30(21)16-12-10-15(24)11-13-16)33-14-29-22(31)17-6-2-4-8-19(17)25-28-29/h2-13H,14H2,1H3. The molecule has 0 radical (unpaired) electrons. The van der Waals surface area contributed by atoms with Gasteiger partial charge in [-0.05, 0) is 48.5 Å². The van der Waals surface area contributed by atoms with E-state index in [1.165, 1.54) is 16.4 Å². The van der Waals surface area contributed by atoms with Crippen molar-refractivity contribution in [1.29, 1.82) is 0 Å². The molecule has 0 aliphatic heterocycles. The van der Waals surface area contributed by atoms with E-state index in [1.54, 1.807) is 37.4 Å². The summed E-state index contributed by atoms with van der Waals surface area (Å²) in [6, 6.07) is 22.1. The Hall–Kier alpha value is -3.69. The van der Waals surface area contributed by atoms with Crippen LogP contribution in [0.4, 0.5) is 0 Å². The summed E-state index contributed by atoms with van der Waals surface area (Å²) in [5.74, 6) is 1.50. The minimum Gasteiger partial charge on any atom is -0.496 e. The first-order valence-corrected chi connectivity index (χ1v) is 11.3. The number of ether oxygens (including phenoxy) is 1. The Labute approximate surface area is 197 Å². The number of nitrogens with zero attached hydrogens (tertiary/aromatic N) is 6. The number of benzene rings is 3. The predicted molar refractivity (Wildman–Crippen MR) is 128 cm³/mol. The third kappa shape index (κ3) is 4.08. The highest BCUT2D eigenvalue weighted by molar-refractivity contribution is 7.98. The van der Waals surface area contributed by atoms with Gasteiger partial charge >= 0.3 is 0 Å². The topological polar surface area (TPSA) is 87.7 Å². The summed E-state index contributed by atoms with van der Waals surface area (Å²) in [6.45, 7) is 0. The quantitative estimate of drug-likeness (QED) is 0.334. The van der Waals surface area contributed by atoms with E-state index in [1.807, 2.05) is 47.0 Å². The van der Waals surface area contributed by atoms with Crippen molar-refractivity contribution in [2.45, 2.75) is 11.0 Å². The van der Waals surface area contributed by atoms with Crippen molar-refractivity contribution >= 4 is 34.3 Å². The minimum atomic E-state index is -0.212. The van der Waals surface area contributed by atoms with Gasteiger partial charge in [0.1, 0.15) is 11.3 Å². The molecule has 3 aromatic carbocycles. The summed E-state index contributed by atoms with van der Waals surface area (Å²) in [6.07, 6.45) is 0. The molecule has 0 N–H and O–H groups in total. The molecule has 0 spiro atoms. The largest absolute Gasteiger partial charge is 0.496 e. The minimum absolute atomic E-state index is 0.212. The van der Waals surface area contributed by atoms with E-state index in [4.69, 9.17) is 16.3 Å². The van der Waals surface area contributed by atoms with Gasteiger partial charge in [0, 0.05) is 10.7 Å². The van der Waals surface area contributed by atoms with Gasteiger partial charge in [-0.2, -0.15) is 4.68 Å². The number of methoxy groups -OCH3 is 1. The van der Waals surface area contributed by atoms with Gasteiger partial charge in [-0.3, -0.25) is 9.36 Å². The molecule has 0 bridgehead atoms. The molecule has 0 saturated heterocycles. The van der Waals surface area contributed by atoms with E-state index >= 15 is 0 Å². The van der Waals surface area contributed by atoms with Gasteiger partial charge in [0.15, 0.2) is 11.0 Å². The normalized spacial score (nSPS) is 11.1.